The van der Waals surface area contributed by atoms with Gasteiger partial charge < -0.3 is 10.1 Å². The molecule has 2 aromatic carbocycles. The Morgan fingerprint density at radius 2 is 1.93 bits per heavy atom. The van der Waals surface area contributed by atoms with Crippen molar-refractivity contribution in [3.63, 3.8) is 0 Å². The number of hydrogen-bond acceptors (Lipinski definition) is 3. The molecule has 0 unspecified atom stereocenters. The van der Waals surface area contributed by atoms with Crippen LogP contribution >= 0.6 is 11.3 Å². The molecule has 2 heterocycles. The minimum Gasteiger partial charge on any atom is -0.507 e. The lowest BCUT2D eigenvalue weighted by molar-refractivity contribution is 0.235. The molecule has 0 saturated heterocycles. The molecule has 0 atom stereocenters. The molecule has 0 amide bonds. The molecule has 1 fully saturated rings. The van der Waals surface area contributed by atoms with Crippen LogP contribution in [0.4, 0.5) is 0 Å². The SMILES string of the molecule is CCC1(c2ccc(-c3c(O)cc(C)c4[nH]c(=O)c5sccc5c34)cc2)CCC1. The first-order valence-corrected chi connectivity index (χ1v) is 10.8. The molecule has 3 nitrogen and oxygen atoms in total. The summed E-state index contributed by atoms with van der Waals surface area (Å²) in [6.45, 7) is 4.20. The average molecular weight is 390 g/mol. The normalized spacial score (nSPS) is 15.8. The van der Waals surface area contributed by atoms with Gasteiger partial charge in [-0.05, 0) is 65.8 Å². The number of H-pyrrole nitrogens is 1. The summed E-state index contributed by atoms with van der Waals surface area (Å²) in [4.78, 5) is 15.5. The first kappa shape index (κ1) is 17.5. The Hall–Kier alpha value is -2.59. The van der Waals surface area contributed by atoms with Gasteiger partial charge in [0.15, 0.2) is 0 Å². The Morgan fingerprint density at radius 1 is 1.18 bits per heavy atom. The summed E-state index contributed by atoms with van der Waals surface area (Å²) in [6.07, 6.45) is 5.00. The fraction of sp³-hybridized carbons (Fsp3) is 0.292. The van der Waals surface area contributed by atoms with Crippen molar-refractivity contribution in [1.29, 1.82) is 0 Å². The number of nitrogens with one attached hydrogen (secondary N) is 1. The number of aryl methyl sites for hydroxylation is 1. The molecule has 0 spiro atoms. The Labute approximate surface area is 167 Å². The molecule has 1 aliphatic rings. The third-order valence-electron chi connectivity index (χ3n) is 6.66. The number of phenolic OH excluding ortho intramolecular Hbond substituents is 1. The molecule has 142 valence electrons. The first-order chi connectivity index (χ1) is 13.5. The molecule has 0 radical (unpaired) electrons. The van der Waals surface area contributed by atoms with Gasteiger partial charge in [-0.2, -0.15) is 0 Å². The smallest absolute Gasteiger partial charge is 0.266 e. The number of thiophene rings is 1. The van der Waals surface area contributed by atoms with Crippen molar-refractivity contribution in [3.8, 4) is 16.9 Å². The van der Waals surface area contributed by atoms with E-state index in [0.29, 0.717) is 10.1 Å². The number of hydrogen-bond donors (Lipinski definition) is 2. The minimum absolute atomic E-state index is 0.0672. The van der Waals surface area contributed by atoms with E-state index in [-0.39, 0.29) is 11.3 Å². The molecule has 0 bridgehead atoms. The summed E-state index contributed by atoms with van der Waals surface area (Å²) in [7, 11) is 0. The number of rotatable bonds is 3. The van der Waals surface area contributed by atoms with Crippen molar-refractivity contribution in [2.75, 3.05) is 0 Å². The van der Waals surface area contributed by atoms with Gasteiger partial charge in [0.2, 0.25) is 0 Å². The van der Waals surface area contributed by atoms with E-state index in [1.54, 1.807) is 6.07 Å². The van der Waals surface area contributed by atoms with Crippen LogP contribution in [0.1, 0.15) is 43.7 Å². The van der Waals surface area contributed by atoms with Crippen LogP contribution in [0.15, 0.2) is 46.6 Å². The number of aromatic amines is 1. The Morgan fingerprint density at radius 3 is 2.57 bits per heavy atom. The molecule has 28 heavy (non-hydrogen) atoms. The molecule has 5 rings (SSSR count). The molecule has 2 N–H and O–H groups in total. The summed E-state index contributed by atoms with van der Waals surface area (Å²) in [5, 5.41) is 14.6. The van der Waals surface area contributed by atoms with E-state index in [1.807, 2.05) is 18.4 Å². The quantitative estimate of drug-likeness (QED) is 0.435. The highest BCUT2D eigenvalue weighted by atomic mass is 32.1. The summed E-state index contributed by atoms with van der Waals surface area (Å²) >= 11 is 1.44. The fourth-order valence-electron chi connectivity index (χ4n) is 4.81. The van der Waals surface area contributed by atoms with Crippen LogP contribution in [-0.2, 0) is 5.41 Å². The second kappa shape index (κ2) is 6.21. The van der Waals surface area contributed by atoms with Crippen LogP contribution in [0.3, 0.4) is 0 Å². The van der Waals surface area contributed by atoms with Crippen LogP contribution in [0.2, 0.25) is 0 Å². The van der Waals surface area contributed by atoms with Gasteiger partial charge in [0.1, 0.15) is 10.4 Å². The van der Waals surface area contributed by atoms with Crippen molar-refractivity contribution in [3.05, 3.63) is 63.3 Å². The van der Waals surface area contributed by atoms with Crippen molar-refractivity contribution >= 4 is 32.3 Å². The highest BCUT2D eigenvalue weighted by Crippen LogP contribution is 2.47. The van der Waals surface area contributed by atoms with Crippen LogP contribution in [-0.4, -0.2) is 10.1 Å². The number of aromatic nitrogens is 1. The van der Waals surface area contributed by atoms with E-state index in [4.69, 9.17) is 0 Å². The standard InChI is InChI=1S/C24H23NO2S/c1-3-24(10-4-11-24)16-7-5-15(6-8-16)19-18(26)13-14(2)21-20(19)17-9-12-28-22(17)23(27)25-21/h5-9,12-13,26H,3-4,10-11H2,1-2H3,(H,25,27). The van der Waals surface area contributed by atoms with Crippen LogP contribution in [0.5, 0.6) is 5.75 Å². The van der Waals surface area contributed by atoms with Crippen LogP contribution in [0, 0.1) is 6.92 Å². The molecule has 4 aromatic rings. The maximum Gasteiger partial charge on any atom is 0.266 e. The van der Waals surface area contributed by atoms with Crippen molar-refractivity contribution in [2.24, 2.45) is 0 Å². The molecule has 4 heteroatoms. The average Bonchev–Trinajstić information content (AvgIpc) is 3.14. The van der Waals surface area contributed by atoms with E-state index >= 15 is 0 Å². The maximum absolute atomic E-state index is 12.5. The maximum atomic E-state index is 12.5. The number of phenols is 1. The lowest BCUT2D eigenvalue weighted by Crippen LogP contribution is -2.33. The monoisotopic (exact) mass is 389 g/mol. The lowest BCUT2D eigenvalue weighted by Gasteiger charge is -2.42. The minimum atomic E-state index is -0.0672. The molecule has 2 aromatic heterocycles. The largest absolute Gasteiger partial charge is 0.507 e. The number of benzene rings is 2. The van der Waals surface area contributed by atoms with Gasteiger partial charge in [0.25, 0.3) is 5.56 Å². The van der Waals surface area contributed by atoms with Gasteiger partial charge in [-0.3, -0.25) is 4.79 Å². The Bertz CT molecular complexity index is 1250. The summed E-state index contributed by atoms with van der Waals surface area (Å²) in [6, 6.07) is 12.4. The van der Waals surface area contributed by atoms with Crippen LogP contribution < -0.4 is 5.56 Å². The third-order valence-corrected chi connectivity index (χ3v) is 7.57. The Balaban J connectivity index is 1.77. The van der Waals surface area contributed by atoms with E-state index in [2.05, 4.69) is 36.2 Å². The summed E-state index contributed by atoms with van der Waals surface area (Å²) < 4.78 is 0.703. The zero-order chi connectivity index (χ0) is 19.5. The zero-order valence-electron chi connectivity index (χ0n) is 16.1. The number of fused-ring (bicyclic) bond motifs is 3. The summed E-state index contributed by atoms with van der Waals surface area (Å²) in [5.74, 6) is 0.256. The zero-order valence-corrected chi connectivity index (χ0v) is 17.0. The lowest BCUT2D eigenvalue weighted by atomic mass is 9.63. The molecular weight excluding hydrogens is 366 g/mol. The number of pyridine rings is 1. The highest BCUT2D eigenvalue weighted by molar-refractivity contribution is 7.17. The van der Waals surface area contributed by atoms with Crippen molar-refractivity contribution in [1.82, 2.24) is 4.98 Å². The predicted molar refractivity (Wildman–Crippen MR) is 118 cm³/mol. The van der Waals surface area contributed by atoms with Gasteiger partial charge in [-0.25, -0.2) is 0 Å². The second-order valence-corrected chi connectivity index (χ2v) is 8.94. The van der Waals surface area contributed by atoms with Gasteiger partial charge in [0, 0.05) is 16.3 Å². The topological polar surface area (TPSA) is 53.1 Å². The van der Waals surface area contributed by atoms with E-state index in [0.717, 1.165) is 33.0 Å². The summed E-state index contributed by atoms with van der Waals surface area (Å²) in [5.41, 5.74) is 5.12. The highest BCUT2D eigenvalue weighted by Gasteiger charge is 2.36. The Kier molecular flexibility index (Phi) is 3.88. The van der Waals surface area contributed by atoms with Gasteiger partial charge in [-0.15, -0.1) is 11.3 Å². The van der Waals surface area contributed by atoms with E-state index in [1.165, 1.54) is 42.6 Å². The molecular formula is C24H23NO2S. The molecule has 0 aliphatic heterocycles. The van der Waals surface area contributed by atoms with Crippen LogP contribution in [0.25, 0.3) is 32.1 Å². The number of aromatic hydroxyl groups is 1. The van der Waals surface area contributed by atoms with Gasteiger partial charge in [-0.1, -0.05) is 37.6 Å². The first-order valence-electron chi connectivity index (χ1n) is 9.91. The van der Waals surface area contributed by atoms with E-state index < -0.39 is 0 Å². The fourth-order valence-corrected chi connectivity index (χ4v) is 5.61. The van der Waals surface area contributed by atoms with E-state index in [9.17, 15) is 9.90 Å². The van der Waals surface area contributed by atoms with Gasteiger partial charge >= 0.3 is 0 Å². The predicted octanol–water partition coefficient (Wildman–Crippen LogP) is 6.26. The third kappa shape index (κ3) is 2.37. The van der Waals surface area contributed by atoms with Gasteiger partial charge in [0.05, 0.1) is 5.52 Å². The molecule has 1 aliphatic carbocycles. The van der Waals surface area contributed by atoms with Crippen molar-refractivity contribution < 1.29 is 5.11 Å². The molecule has 1 saturated carbocycles. The second-order valence-electron chi connectivity index (χ2n) is 8.02. The van der Waals surface area contributed by atoms with Crippen molar-refractivity contribution in [2.45, 2.75) is 44.9 Å².